The summed E-state index contributed by atoms with van der Waals surface area (Å²) in [5.74, 6) is 1.91. The molecule has 0 saturated carbocycles. The third-order valence-corrected chi connectivity index (χ3v) is 3.88. The van der Waals surface area contributed by atoms with Gasteiger partial charge >= 0.3 is 0 Å². The van der Waals surface area contributed by atoms with Crippen molar-refractivity contribution in [1.29, 1.82) is 0 Å². The van der Waals surface area contributed by atoms with Gasteiger partial charge in [-0.25, -0.2) is 4.98 Å². The minimum absolute atomic E-state index is 0.123. The minimum atomic E-state index is 0.123. The predicted octanol–water partition coefficient (Wildman–Crippen LogP) is 3.58. The summed E-state index contributed by atoms with van der Waals surface area (Å²) < 4.78 is 1.05. The molecular weight excluding hydrogens is 302 g/mol. The van der Waals surface area contributed by atoms with Gasteiger partial charge in [-0.1, -0.05) is 6.92 Å². The lowest BCUT2D eigenvalue weighted by Gasteiger charge is -2.24. The van der Waals surface area contributed by atoms with Gasteiger partial charge < -0.3 is 10.2 Å². The highest BCUT2D eigenvalue weighted by Gasteiger charge is 2.22. The summed E-state index contributed by atoms with van der Waals surface area (Å²) in [5, 5.41) is 3.55. The van der Waals surface area contributed by atoms with E-state index >= 15 is 0 Å². The van der Waals surface area contributed by atoms with Gasteiger partial charge in [0.25, 0.3) is 0 Å². The number of hydrogen-bond donors (Lipinski definition) is 1. The van der Waals surface area contributed by atoms with E-state index in [1.165, 1.54) is 12.0 Å². The van der Waals surface area contributed by atoms with Gasteiger partial charge in [0, 0.05) is 41.4 Å². The smallest absolute Gasteiger partial charge is 0.133 e. The molecule has 0 spiro atoms. The van der Waals surface area contributed by atoms with Crippen molar-refractivity contribution in [3.63, 3.8) is 0 Å². The molecule has 1 aromatic heterocycles. The molecule has 3 nitrogen and oxygen atoms in total. The fraction of sp³-hybridized carbons (Fsp3) is 0.667. The molecule has 0 aromatic carbocycles. The maximum Gasteiger partial charge on any atom is 0.133 e. The third-order valence-electron chi connectivity index (χ3n) is 3.44. The van der Waals surface area contributed by atoms with Crippen molar-refractivity contribution >= 4 is 21.7 Å². The average molecular weight is 326 g/mol. The Morgan fingerprint density at radius 2 is 2.21 bits per heavy atom. The first-order valence-corrected chi connectivity index (χ1v) is 7.79. The van der Waals surface area contributed by atoms with Crippen molar-refractivity contribution in [2.75, 3.05) is 18.0 Å². The number of nitrogens with zero attached hydrogens (tertiary/aromatic N) is 2. The Labute approximate surface area is 124 Å². The van der Waals surface area contributed by atoms with Gasteiger partial charge in [-0.15, -0.1) is 0 Å². The van der Waals surface area contributed by atoms with E-state index in [-0.39, 0.29) is 5.54 Å². The van der Waals surface area contributed by atoms with Gasteiger partial charge in [0.15, 0.2) is 0 Å². The molecule has 1 aliphatic heterocycles. The second-order valence-corrected chi connectivity index (χ2v) is 7.50. The molecule has 0 amide bonds. The molecule has 1 aromatic rings. The van der Waals surface area contributed by atoms with Crippen LogP contribution in [0.5, 0.6) is 0 Å². The number of nitrogens with one attached hydrogen (secondary N) is 1. The lowest BCUT2D eigenvalue weighted by molar-refractivity contribution is 0.424. The second-order valence-electron chi connectivity index (χ2n) is 6.58. The van der Waals surface area contributed by atoms with Crippen LogP contribution in [0.1, 0.15) is 39.7 Å². The van der Waals surface area contributed by atoms with Crippen molar-refractivity contribution in [3.05, 3.63) is 22.3 Å². The molecule has 19 heavy (non-hydrogen) atoms. The van der Waals surface area contributed by atoms with E-state index in [2.05, 4.69) is 64.9 Å². The van der Waals surface area contributed by atoms with Crippen LogP contribution in [0.4, 0.5) is 5.82 Å². The lowest BCUT2D eigenvalue weighted by atomic mass is 10.1. The Balaban J connectivity index is 2.18. The lowest BCUT2D eigenvalue weighted by Crippen LogP contribution is -2.35. The fourth-order valence-electron chi connectivity index (χ4n) is 2.38. The van der Waals surface area contributed by atoms with E-state index < -0.39 is 0 Å². The Morgan fingerprint density at radius 1 is 1.47 bits per heavy atom. The number of aromatic nitrogens is 1. The van der Waals surface area contributed by atoms with Gasteiger partial charge in [-0.2, -0.15) is 0 Å². The number of pyridine rings is 1. The van der Waals surface area contributed by atoms with Crippen LogP contribution in [0.3, 0.4) is 0 Å². The predicted molar refractivity (Wildman–Crippen MR) is 84.5 cm³/mol. The maximum absolute atomic E-state index is 4.63. The van der Waals surface area contributed by atoms with Gasteiger partial charge in [0.2, 0.25) is 0 Å². The van der Waals surface area contributed by atoms with Crippen LogP contribution in [0.15, 0.2) is 16.7 Å². The Kier molecular flexibility index (Phi) is 4.51. The standard InChI is InChI=1S/C15H24BrN3/c1-11-5-6-19(10-11)14-12(7-13(16)9-17-14)8-18-15(2,3)4/h7,9,11,18H,5-6,8,10H2,1-4H3. The van der Waals surface area contributed by atoms with E-state index in [1.54, 1.807) is 0 Å². The molecule has 4 heteroatoms. The SMILES string of the molecule is CC1CCN(c2ncc(Br)cc2CNC(C)(C)C)C1. The summed E-state index contributed by atoms with van der Waals surface area (Å²) in [6.07, 6.45) is 3.17. The Morgan fingerprint density at radius 3 is 2.79 bits per heavy atom. The molecule has 2 heterocycles. The van der Waals surface area contributed by atoms with Gasteiger partial charge in [-0.05, 0) is 55.1 Å². The van der Waals surface area contributed by atoms with Crippen LogP contribution >= 0.6 is 15.9 Å². The Bertz CT molecular complexity index is 440. The van der Waals surface area contributed by atoms with Crippen molar-refractivity contribution in [2.24, 2.45) is 5.92 Å². The van der Waals surface area contributed by atoms with Crippen LogP contribution in [-0.2, 0) is 6.54 Å². The van der Waals surface area contributed by atoms with Crippen LogP contribution in [-0.4, -0.2) is 23.6 Å². The van der Waals surface area contributed by atoms with Crippen molar-refractivity contribution in [2.45, 2.75) is 46.2 Å². The molecular formula is C15H24BrN3. The topological polar surface area (TPSA) is 28.2 Å². The molecule has 1 aliphatic rings. The van der Waals surface area contributed by atoms with Gasteiger partial charge in [-0.3, -0.25) is 0 Å². The average Bonchev–Trinajstić information content (AvgIpc) is 2.72. The highest BCUT2D eigenvalue weighted by atomic mass is 79.9. The van der Waals surface area contributed by atoms with Crippen LogP contribution in [0.2, 0.25) is 0 Å². The van der Waals surface area contributed by atoms with E-state index in [0.717, 1.165) is 35.8 Å². The molecule has 1 unspecified atom stereocenters. The summed E-state index contributed by atoms with van der Waals surface area (Å²) in [6.45, 7) is 12.0. The summed E-state index contributed by atoms with van der Waals surface area (Å²) >= 11 is 3.53. The van der Waals surface area contributed by atoms with E-state index in [1.807, 2.05) is 6.20 Å². The van der Waals surface area contributed by atoms with Crippen molar-refractivity contribution < 1.29 is 0 Å². The molecule has 0 radical (unpaired) electrons. The van der Waals surface area contributed by atoms with Crippen LogP contribution in [0.25, 0.3) is 0 Å². The number of hydrogen-bond acceptors (Lipinski definition) is 3. The molecule has 0 aliphatic carbocycles. The first kappa shape index (κ1) is 14.8. The summed E-state index contributed by atoms with van der Waals surface area (Å²) in [7, 11) is 0. The first-order chi connectivity index (χ1) is 8.85. The zero-order chi connectivity index (χ0) is 14.0. The third kappa shape index (κ3) is 4.18. The molecule has 1 N–H and O–H groups in total. The molecule has 1 saturated heterocycles. The number of halogens is 1. The minimum Gasteiger partial charge on any atom is -0.356 e. The summed E-state index contributed by atoms with van der Waals surface area (Å²) in [5.41, 5.74) is 1.40. The second kappa shape index (κ2) is 5.80. The number of rotatable bonds is 3. The first-order valence-electron chi connectivity index (χ1n) is 6.99. The summed E-state index contributed by atoms with van der Waals surface area (Å²) in [4.78, 5) is 7.05. The quantitative estimate of drug-likeness (QED) is 0.920. The molecule has 0 bridgehead atoms. The Hall–Kier alpha value is -0.610. The van der Waals surface area contributed by atoms with Crippen LogP contribution in [0, 0.1) is 5.92 Å². The van der Waals surface area contributed by atoms with E-state index in [4.69, 9.17) is 0 Å². The molecule has 106 valence electrons. The largest absolute Gasteiger partial charge is 0.356 e. The normalized spacial score (nSPS) is 20.1. The van der Waals surface area contributed by atoms with E-state index in [0.29, 0.717) is 0 Å². The van der Waals surface area contributed by atoms with Gasteiger partial charge in [0.05, 0.1) is 0 Å². The van der Waals surface area contributed by atoms with E-state index in [9.17, 15) is 0 Å². The van der Waals surface area contributed by atoms with Crippen molar-refractivity contribution in [1.82, 2.24) is 10.3 Å². The fourth-order valence-corrected chi connectivity index (χ4v) is 2.76. The van der Waals surface area contributed by atoms with Crippen LogP contribution < -0.4 is 10.2 Å². The summed E-state index contributed by atoms with van der Waals surface area (Å²) in [6, 6.07) is 2.18. The molecule has 1 atom stereocenters. The maximum atomic E-state index is 4.63. The van der Waals surface area contributed by atoms with Gasteiger partial charge in [0.1, 0.15) is 5.82 Å². The monoisotopic (exact) mass is 325 g/mol. The molecule has 1 fully saturated rings. The van der Waals surface area contributed by atoms with Crippen molar-refractivity contribution in [3.8, 4) is 0 Å². The highest BCUT2D eigenvalue weighted by molar-refractivity contribution is 9.10. The zero-order valence-corrected chi connectivity index (χ0v) is 13.9. The highest BCUT2D eigenvalue weighted by Crippen LogP contribution is 2.27. The zero-order valence-electron chi connectivity index (χ0n) is 12.3. The number of anilines is 1. The molecule has 2 rings (SSSR count).